The van der Waals surface area contributed by atoms with Crippen LogP contribution in [0.15, 0.2) is 30.3 Å². The Morgan fingerprint density at radius 3 is 2.06 bits per heavy atom. The maximum absolute atomic E-state index is 12.7. The van der Waals surface area contributed by atoms with Gasteiger partial charge in [-0.2, -0.15) is 0 Å². The predicted octanol–water partition coefficient (Wildman–Crippen LogP) is 4.44. The molecule has 0 aliphatic rings. The SMILES string of the molecule is CCN(CC(=O)Nc1c(Cl)cccc1Cl)C(=O)CCc1cc(OC)c(OC)c(OC)c1. The number of methoxy groups -OCH3 is 3. The van der Waals surface area contributed by atoms with Crippen molar-refractivity contribution in [2.45, 2.75) is 19.8 Å². The van der Waals surface area contributed by atoms with Crippen molar-refractivity contribution < 1.29 is 23.8 Å². The Morgan fingerprint density at radius 1 is 1.00 bits per heavy atom. The van der Waals surface area contributed by atoms with Gasteiger partial charge in [-0.3, -0.25) is 9.59 Å². The number of nitrogens with zero attached hydrogens (tertiary/aromatic N) is 1. The van der Waals surface area contributed by atoms with Gasteiger partial charge in [0.05, 0.1) is 43.6 Å². The Bertz CT molecular complexity index is 891. The van der Waals surface area contributed by atoms with Crippen LogP contribution in [0.5, 0.6) is 17.2 Å². The summed E-state index contributed by atoms with van der Waals surface area (Å²) in [4.78, 5) is 26.6. The summed E-state index contributed by atoms with van der Waals surface area (Å²) in [5, 5.41) is 3.33. The zero-order chi connectivity index (χ0) is 23.0. The van der Waals surface area contributed by atoms with E-state index in [1.807, 2.05) is 6.92 Å². The van der Waals surface area contributed by atoms with Gasteiger partial charge in [0.15, 0.2) is 11.5 Å². The van der Waals surface area contributed by atoms with E-state index in [-0.39, 0.29) is 24.8 Å². The number of halogens is 2. The highest BCUT2D eigenvalue weighted by Gasteiger charge is 2.19. The first-order chi connectivity index (χ1) is 14.8. The molecule has 9 heteroatoms. The van der Waals surface area contributed by atoms with Crippen molar-refractivity contribution in [1.29, 1.82) is 0 Å². The zero-order valence-corrected chi connectivity index (χ0v) is 19.5. The van der Waals surface area contributed by atoms with Gasteiger partial charge in [-0.05, 0) is 43.2 Å². The maximum Gasteiger partial charge on any atom is 0.244 e. The lowest BCUT2D eigenvalue weighted by Gasteiger charge is -2.21. The molecule has 0 spiro atoms. The fourth-order valence-corrected chi connectivity index (χ4v) is 3.53. The third-order valence-electron chi connectivity index (χ3n) is 4.65. The lowest BCUT2D eigenvalue weighted by atomic mass is 10.1. The lowest BCUT2D eigenvalue weighted by molar-refractivity contribution is -0.134. The number of likely N-dealkylation sites (N-methyl/N-ethyl adjacent to an activating group) is 1. The van der Waals surface area contributed by atoms with Crippen LogP contribution in [0.4, 0.5) is 5.69 Å². The summed E-state index contributed by atoms with van der Waals surface area (Å²) in [6, 6.07) is 8.55. The number of carbonyl (C=O) groups is 2. The summed E-state index contributed by atoms with van der Waals surface area (Å²) in [6.45, 7) is 2.09. The molecule has 0 radical (unpaired) electrons. The lowest BCUT2D eigenvalue weighted by Crippen LogP contribution is -2.38. The van der Waals surface area contributed by atoms with E-state index in [1.54, 1.807) is 30.3 Å². The summed E-state index contributed by atoms with van der Waals surface area (Å²) in [6.07, 6.45) is 0.663. The highest BCUT2D eigenvalue weighted by molar-refractivity contribution is 6.39. The van der Waals surface area contributed by atoms with Gasteiger partial charge in [-0.25, -0.2) is 0 Å². The number of anilines is 1. The molecule has 31 heavy (non-hydrogen) atoms. The number of carbonyl (C=O) groups excluding carboxylic acids is 2. The van der Waals surface area contributed by atoms with E-state index < -0.39 is 0 Å². The van der Waals surface area contributed by atoms with Crippen molar-refractivity contribution in [2.75, 3.05) is 39.7 Å². The van der Waals surface area contributed by atoms with Crippen molar-refractivity contribution in [3.63, 3.8) is 0 Å². The first-order valence-electron chi connectivity index (χ1n) is 9.65. The highest BCUT2D eigenvalue weighted by atomic mass is 35.5. The molecule has 2 amide bonds. The highest BCUT2D eigenvalue weighted by Crippen LogP contribution is 2.38. The van der Waals surface area contributed by atoms with Crippen LogP contribution in [0.1, 0.15) is 18.9 Å². The number of benzene rings is 2. The van der Waals surface area contributed by atoms with Crippen LogP contribution in [-0.4, -0.2) is 51.1 Å². The largest absolute Gasteiger partial charge is 0.493 e. The summed E-state index contributed by atoms with van der Waals surface area (Å²) in [5.41, 5.74) is 1.18. The molecule has 7 nitrogen and oxygen atoms in total. The van der Waals surface area contributed by atoms with E-state index in [0.29, 0.717) is 45.9 Å². The third-order valence-corrected chi connectivity index (χ3v) is 5.28. The molecule has 0 bridgehead atoms. The minimum Gasteiger partial charge on any atom is -0.493 e. The summed E-state index contributed by atoms with van der Waals surface area (Å²) in [7, 11) is 4.60. The van der Waals surface area contributed by atoms with Crippen molar-refractivity contribution in [3.05, 3.63) is 45.9 Å². The molecule has 168 valence electrons. The number of ether oxygens (including phenoxy) is 3. The molecule has 0 heterocycles. The molecule has 0 atom stereocenters. The topological polar surface area (TPSA) is 77.1 Å². The van der Waals surface area contributed by atoms with Crippen molar-refractivity contribution in [3.8, 4) is 17.2 Å². The molecule has 0 aliphatic heterocycles. The van der Waals surface area contributed by atoms with Crippen LogP contribution in [-0.2, 0) is 16.0 Å². The standard InChI is InChI=1S/C22H26Cl2N2O5/c1-5-26(13-19(27)25-21-15(23)7-6-8-16(21)24)20(28)10-9-14-11-17(29-2)22(31-4)18(12-14)30-3/h6-8,11-12H,5,9-10,13H2,1-4H3,(H,25,27). The molecule has 1 N–H and O–H groups in total. The molecule has 2 aromatic rings. The first kappa shape index (κ1) is 24.6. The Balaban J connectivity index is 2.02. The van der Waals surface area contributed by atoms with Gasteiger partial charge in [0.1, 0.15) is 0 Å². The monoisotopic (exact) mass is 468 g/mol. The Morgan fingerprint density at radius 2 is 1.58 bits per heavy atom. The molecule has 2 rings (SSSR count). The number of aryl methyl sites for hydroxylation is 1. The normalized spacial score (nSPS) is 10.4. The minimum atomic E-state index is -0.377. The summed E-state index contributed by atoms with van der Waals surface area (Å²) < 4.78 is 16.0. The number of hydrogen-bond donors (Lipinski definition) is 1. The van der Waals surface area contributed by atoms with E-state index in [9.17, 15) is 9.59 Å². The average molecular weight is 469 g/mol. The molecular formula is C22H26Cl2N2O5. The van der Waals surface area contributed by atoms with Crippen molar-refractivity contribution >= 4 is 40.7 Å². The summed E-state index contributed by atoms with van der Waals surface area (Å²) >= 11 is 12.2. The maximum atomic E-state index is 12.7. The van der Waals surface area contributed by atoms with Gasteiger partial charge in [-0.1, -0.05) is 29.3 Å². The molecule has 0 aliphatic carbocycles. The fraction of sp³-hybridized carbons (Fsp3) is 0.364. The number of hydrogen-bond acceptors (Lipinski definition) is 5. The van der Waals surface area contributed by atoms with Crippen molar-refractivity contribution in [2.24, 2.45) is 0 Å². The number of amides is 2. The molecule has 0 unspecified atom stereocenters. The van der Waals surface area contributed by atoms with Crippen LogP contribution in [0.3, 0.4) is 0 Å². The van der Waals surface area contributed by atoms with E-state index >= 15 is 0 Å². The van der Waals surface area contributed by atoms with E-state index in [1.165, 1.54) is 26.2 Å². The van der Waals surface area contributed by atoms with E-state index in [4.69, 9.17) is 37.4 Å². The molecule has 0 saturated heterocycles. The number of para-hydroxylation sites is 1. The quantitative estimate of drug-likeness (QED) is 0.557. The van der Waals surface area contributed by atoms with Crippen LogP contribution in [0.2, 0.25) is 10.0 Å². The first-order valence-corrected chi connectivity index (χ1v) is 10.4. The Labute approximate surface area is 192 Å². The van der Waals surface area contributed by atoms with E-state index in [0.717, 1.165) is 5.56 Å². The zero-order valence-electron chi connectivity index (χ0n) is 18.0. The smallest absolute Gasteiger partial charge is 0.244 e. The molecule has 2 aromatic carbocycles. The summed E-state index contributed by atoms with van der Waals surface area (Å²) in [5.74, 6) is 1.00. The van der Waals surface area contributed by atoms with Crippen molar-refractivity contribution in [1.82, 2.24) is 4.90 Å². The Hall–Kier alpha value is -2.64. The Kier molecular flexibility index (Phi) is 9.27. The van der Waals surface area contributed by atoms with Gasteiger partial charge in [0, 0.05) is 13.0 Å². The van der Waals surface area contributed by atoms with Gasteiger partial charge in [-0.15, -0.1) is 0 Å². The van der Waals surface area contributed by atoms with Crippen LogP contribution in [0.25, 0.3) is 0 Å². The van der Waals surface area contributed by atoms with Gasteiger partial charge in [0.2, 0.25) is 17.6 Å². The number of nitrogens with one attached hydrogen (secondary N) is 1. The second kappa shape index (κ2) is 11.7. The van der Waals surface area contributed by atoms with Gasteiger partial charge in [0.25, 0.3) is 0 Å². The van der Waals surface area contributed by atoms with Crippen LogP contribution < -0.4 is 19.5 Å². The second-order valence-electron chi connectivity index (χ2n) is 6.59. The van der Waals surface area contributed by atoms with Gasteiger partial charge >= 0.3 is 0 Å². The van der Waals surface area contributed by atoms with Crippen LogP contribution in [0, 0.1) is 0 Å². The molecular weight excluding hydrogens is 443 g/mol. The average Bonchev–Trinajstić information content (AvgIpc) is 2.77. The minimum absolute atomic E-state index is 0.105. The van der Waals surface area contributed by atoms with Gasteiger partial charge < -0.3 is 24.4 Å². The second-order valence-corrected chi connectivity index (χ2v) is 7.40. The van der Waals surface area contributed by atoms with E-state index in [2.05, 4.69) is 5.32 Å². The number of rotatable bonds is 10. The molecule has 0 saturated carbocycles. The molecule has 0 fully saturated rings. The third kappa shape index (κ3) is 6.42. The predicted molar refractivity (Wildman–Crippen MR) is 122 cm³/mol. The van der Waals surface area contributed by atoms with Crippen LogP contribution >= 0.6 is 23.2 Å². The fourth-order valence-electron chi connectivity index (χ4n) is 3.03. The molecule has 0 aromatic heterocycles.